The Labute approximate surface area is 132 Å². The number of halogens is 2. The van der Waals surface area contributed by atoms with Crippen LogP contribution < -0.4 is 16.6 Å². The standard InChI is InChI=1S/C14H14Cl2N4O/c1-7-3-11(16)12(6-10(7)15)19-14(21)9-4-8(2)18-13(5-9)20-17/h3-6H,17H2,1-2H3,(H,18,20)(H,19,21). The first kappa shape index (κ1) is 15.6. The number of nitrogens with one attached hydrogen (secondary N) is 2. The molecular formula is C14H14Cl2N4O. The topological polar surface area (TPSA) is 80.0 Å². The molecule has 0 aliphatic heterocycles. The van der Waals surface area contributed by atoms with Gasteiger partial charge in [0.2, 0.25) is 0 Å². The van der Waals surface area contributed by atoms with Crippen molar-refractivity contribution in [2.24, 2.45) is 5.84 Å². The number of anilines is 2. The number of nitrogen functional groups attached to an aromatic ring is 1. The summed E-state index contributed by atoms with van der Waals surface area (Å²) < 4.78 is 0. The third-order valence-electron chi connectivity index (χ3n) is 2.86. The van der Waals surface area contributed by atoms with E-state index >= 15 is 0 Å². The van der Waals surface area contributed by atoms with Crippen LogP contribution in [0.2, 0.25) is 10.0 Å². The summed E-state index contributed by atoms with van der Waals surface area (Å²) in [5, 5.41) is 3.68. The number of hydrazine groups is 1. The van der Waals surface area contributed by atoms with Gasteiger partial charge in [-0.25, -0.2) is 10.8 Å². The summed E-state index contributed by atoms with van der Waals surface area (Å²) in [5.41, 5.74) is 4.80. The minimum Gasteiger partial charge on any atom is -0.321 e. The van der Waals surface area contributed by atoms with Gasteiger partial charge in [-0.05, 0) is 43.7 Å². The minimum atomic E-state index is -0.321. The Morgan fingerprint density at radius 2 is 1.86 bits per heavy atom. The second kappa shape index (κ2) is 6.30. The summed E-state index contributed by atoms with van der Waals surface area (Å²) in [5.74, 6) is 5.41. The number of benzene rings is 1. The van der Waals surface area contributed by atoms with Gasteiger partial charge in [-0.2, -0.15) is 0 Å². The maximum Gasteiger partial charge on any atom is 0.255 e. The fourth-order valence-electron chi connectivity index (χ4n) is 1.81. The highest BCUT2D eigenvalue weighted by Crippen LogP contribution is 2.29. The van der Waals surface area contributed by atoms with Crippen molar-refractivity contribution in [3.05, 3.63) is 51.1 Å². The Balaban J connectivity index is 2.30. The van der Waals surface area contributed by atoms with E-state index in [-0.39, 0.29) is 5.91 Å². The van der Waals surface area contributed by atoms with Crippen molar-refractivity contribution in [1.29, 1.82) is 0 Å². The molecule has 5 nitrogen and oxygen atoms in total. The molecule has 0 atom stereocenters. The second-order valence-corrected chi connectivity index (χ2v) is 5.38. The Hall–Kier alpha value is -1.82. The van der Waals surface area contributed by atoms with Crippen LogP contribution in [-0.4, -0.2) is 10.9 Å². The number of aryl methyl sites for hydroxylation is 2. The lowest BCUT2D eigenvalue weighted by Crippen LogP contribution is -2.15. The van der Waals surface area contributed by atoms with Gasteiger partial charge in [0, 0.05) is 16.3 Å². The van der Waals surface area contributed by atoms with Gasteiger partial charge in [-0.15, -0.1) is 0 Å². The quantitative estimate of drug-likeness (QED) is 0.596. The summed E-state index contributed by atoms with van der Waals surface area (Å²) in [6, 6.07) is 6.52. The molecule has 7 heteroatoms. The zero-order valence-electron chi connectivity index (χ0n) is 11.5. The van der Waals surface area contributed by atoms with E-state index in [4.69, 9.17) is 29.0 Å². The van der Waals surface area contributed by atoms with Gasteiger partial charge in [-0.1, -0.05) is 23.2 Å². The Bertz CT molecular complexity index is 704. The molecule has 1 aromatic heterocycles. The molecule has 0 aliphatic rings. The lowest BCUT2D eigenvalue weighted by Gasteiger charge is -2.10. The number of aromatic nitrogens is 1. The number of rotatable bonds is 3. The second-order valence-electron chi connectivity index (χ2n) is 4.56. The minimum absolute atomic E-state index is 0.321. The van der Waals surface area contributed by atoms with Gasteiger partial charge in [0.05, 0.1) is 10.7 Å². The molecule has 4 N–H and O–H groups in total. The average molecular weight is 325 g/mol. The fourth-order valence-corrected chi connectivity index (χ4v) is 2.24. The van der Waals surface area contributed by atoms with Gasteiger partial charge >= 0.3 is 0 Å². The monoisotopic (exact) mass is 324 g/mol. The molecule has 0 aliphatic carbocycles. The first-order valence-electron chi connectivity index (χ1n) is 6.13. The number of amides is 1. The molecular weight excluding hydrogens is 311 g/mol. The van der Waals surface area contributed by atoms with E-state index in [2.05, 4.69) is 15.7 Å². The van der Waals surface area contributed by atoms with Crippen molar-refractivity contribution < 1.29 is 4.79 Å². The molecule has 0 saturated heterocycles. The van der Waals surface area contributed by atoms with E-state index in [0.717, 1.165) is 5.56 Å². The van der Waals surface area contributed by atoms with Gasteiger partial charge in [0.25, 0.3) is 5.91 Å². The van der Waals surface area contributed by atoms with Crippen LogP contribution in [0.15, 0.2) is 24.3 Å². The summed E-state index contributed by atoms with van der Waals surface area (Å²) in [4.78, 5) is 16.4. The molecule has 0 unspecified atom stereocenters. The van der Waals surface area contributed by atoms with Crippen LogP contribution in [-0.2, 0) is 0 Å². The third kappa shape index (κ3) is 3.64. The summed E-state index contributed by atoms with van der Waals surface area (Å²) in [6.45, 7) is 3.61. The molecule has 2 aromatic rings. The van der Waals surface area contributed by atoms with Crippen molar-refractivity contribution in [2.75, 3.05) is 10.7 Å². The van der Waals surface area contributed by atoms with Crippen LogP contribution in [0.25, 0.3) is 0 Å². The molecule has 1 aromatic carbocycles. The normalized spacial score (nSPS) is 10.3. The van der Waals surface area contributed by atoms with Crippen molar-refractivity contribution >= 4 is 40.6 Å². The first-order valence-corrected chi connectivity index (χ1v) is 6.88. The highest BCUT2D eigenvalue weighted by molar-refractivity contribution is 6.36. The first-order chi connectivity index (χ1) is 9.90. The average Bonchev–Trinajstić information content (AvgIpc) is 2.43. The van der Waals surface area contributed by atoms with Gasteiger partial charge in [-0.3, -0.25) is 4.79 Å². The van der Waals surface area contributed by atoms with E-state index in [1.807, 2.05) is 6.92 Å². The molecule has 1 amide bonds. The summed E-state index contributed by atoms with van der Waals surface area (Å²) in [6.07, 6.45) is 0. The number of nitrogens with zero attached hydrogens (tertiary/aromatic N) is 1. The zero-order chi connectivity index (χ0) is 15.6. The summed E-state index contributed by atoms with van der Waals surface area (Å²) in [7, 11) is 0. The predicted octanol–water partition coefficient (Wildman–Crippen LogP) is 3.54. The molecule has 0 fully saturated rings. The van der Waals surface area contributed by atoms with Crippen LogP contribution >= 0.6 is 23.2 Å². The van der Waals surface area contributed by atoms with E-state index in [0.29, 0.717) is 32.8 Å². The highest BCUT2D eigenvalue weighted by Gasteiger charge is 2.12. The number of carbonyl (C=O) groups is 1. The maximum atomic E-state index is 12.3. The molecule has 1 heterocycles. The number of pyridine rings is 1. The van der Waals surface area contributed by atoms with Gasteiger partial charge in [0.15, 0.2) is 0 Å². The lowest BCUT2D eigenvalue weighted by molar-refractivity contribution is 0.102. The highest BCUT2D eigenvalue weighted by atomic mass is 35.5. The van der Waals surface area contributed by atoms with Crippen LogP contribution in [0.5, 0.6) is 0 Å². The maximum absolute atomic E-state index is 12.3. The Morgan fingerprint density at radius 1 is 1.14 bits per heavy atom. The van der Waals surface area contributed by atoms with Crippen LogP contribution in [0.3, 0.4) is 0 Å². The van der Waals surface area contributed by atoms with E-state index in [1.54, 1.807) is 31.2 Å². The third-order valence-corrected chi connectivity index (χ3v) is 3.58. The molecule has 0 bridgehead atoms. The fraction of sp³-hybridized carbons (Fsp3) is 0.143. The van der Waals surface area contributed by atoms with Crippen LogP contribution in [0.1, 0.15) is 21.6 Å². The van der Waals surface area contributed by atoms with Crippen molar-refractivity contribution in [2.45, 2.75) is 13.8 Å². The SMILES string of the molecule is Cc1cc(C(=O)Nc2cc(Cl)c(C)cc2Cl)cc(NN)n1. The van der Waals surface area contributed by atoms with Crippen molar-refractivity contribution in [1.82, 2.24) is 4.98 Å². The predicted molar refractivity (Wildman–Crippen MR) is 85.9 cm³/mol. The Kier molecular flexibility index (Phi) is 4.67. The van der Waals surface area contributed by atoms with Crippen LogP contribution in [0.4, 0.5) is 11.5 Å². The van der Waals surface area contributed by atoms with Gasteiger partial charge < -0.3 is 10.7 Å². The van der Waals surface area contributed by atoms with E-state index in [9.17, 15) is 4.79 Å². The van der Waals surface area contributed by atoms with Crippen molar-refractivity contribution in [3.8, 4) is 0 Å². The summed E-state index contributed by atoms with van der Waals surface area (Å²) >= 11 is 12.1. The zero-order valence-corrected chi connectivity index (χ0v) is 13.0. The lowest BCUT2D eigenvalue weighted by atomic mass is 10.2. The van der Waals surface area contributed by atoms with Gasteiger partial charge in [0.1, 0.15) is 5.82 Å². The number of hydrogen-bond donors (Lipinski definition) is 3. The molecule has 0 radical (unpaired) electrons. The molecule has 21 heavy (non-hydrogen) atoms. The smallest absolute Gasteiger partial charge is 0.255 e. The van der Waals surface area contributed by atoms with E-state index < -0.39 is 0 Å². The number of hydrogen-bond acceptors (Lipinski definition) is 4. The number of carbonyl (C=O) groups excluding carboxylic acids is 1. The number of nitrogens with two attached hydrogens (primary N) is 1. The Morgan fingerprint density at radius 3 is 2.52 bits per heavy atom. The molecule has 110 valence electrons. The van der Waals surface area contributed by atoms with Crippen LogP contribution in [0, 0.1) is 13.8 Å². The molecule has 0 spiro atoms. The van der Waals surface area contributed by atoms with Crippen molar-refractivity contribution in [3.63, 3.8) is 0 Å². The largest absolute Gasteiger partial charge is 0.321 e. The van der Waals surface area contributed by atoms with E-state index in [1.165, 1.54) is 0 Å². The molecule has 0 saturated carbocycles. The molecule has 2 rings (SSSR count).